The summed E-state index contributed by atoms with van der Waals surface area (Å²) in [6.45, 7) is 4.87. The van der Waals surface area contributed by atoms with Gasteiger partial charge in [-0.25, -0.2) is 4.39 Å². The number of nitrogens with one attached hydrogen (secondary N) is 2. The molecular formula is C27H31FN2O3. The number of phenolic OH excluding ortho intramolecular Hbond substituents is 1. The number of amides is 1. The lowest BCUT2D eigenvalue weighted by Gasteiger charge is -2.28. The standard InChI is InChI=1S/C27H31FN2O3/c1-27(2,30-18-25(32)22-8-12-24(31)13-9-22)16-21-5-3-4-20(14-21)15-26(33)29-17-19-6-10-23(28)11-7-19/h3-14,25,30-32H,15-18H2,1-2H3,(H,29,33). The fourth-order valence-corrected chi connectivity index (χ4v) is 3.66. The number of aromatic hydroxyl groups is 1. The molecule has 6 heteroatoms. The first kappa shape index (κ1) is 24.4. The number of halogens is 1. The molecule has 0 aliphatic heterocycles. The van der Waals surface area contributed by atoms with Gasteiger partial charge in [0.2, 0.25) is 5.91 Å². The lowest BCUT2D eigenvalue weighted by molar-refractivity contribution is -0.120. The van der Waals surface area contributed by atoms with Crippen molar-refractivity contribution in [1.29, 1.82) is 0 Å². The molecule has 3 aromatic rings. The van der Waals surface area contributed by atoms with E-state index in [0.29, 0.717) is 13.1 Å². The maximum atomic E-state index is 13.0. The van der Waals surface area contributed by atoms with Crippen molar-refractivity contribution in [1.82, 2.24) is 10.6 Å². The monoisotopic (exact) mass is 450 g/mol. The van der Waals surface area contributed by atoms with Gasteiger partial charge >= 0.3 is 0 Å². The summed E-state index contributed by atoms with van der Waals surface area (Å²) in [6, 6.07) is 20.5. The molecule has 0 heterocycles. The molecule has 1 amide bonds. The SMILES string of the molecule is CC(C)(Cc1cccc(CC(=O)NCc2ccc(F)cc2)c1)NCC(O)c1ccc(O)cc1. The van der Waals surface area contributed by atoms with Crippen molar-refractivity contribution in [2.75, 3.05) is 6.54 Å². The Bertz CT molecular complexity index is 1050. The summed E-state index contributed by atoms with van der Waals surface area (Å²) >= 11 is 0. The Morgan fingerprint density at radius 2 is 1.64 bits per heavy atom. The van der Waals surface area contributed by atoms with Crippen LogP contribution in [0.2, 0.25) is 0 Å². The first-order valence-corrected chi connectivity index (χ1v) is 11.0. The molecule has 0 aliphatic carbocycles. The van der Waals surface area contributed by atoms with Gasteiger partial charge < -0.3 is 20.8 Å². The number of benzene rings is 3. The molecule has 174 valence electrons. The van der Waals surface area contributed by atoms with Crippen molar-refractivity contribution in [3.8, 4) is 5.75 Å². The smallest absolute Gasteiger partial charge is 0.224 e. The maximum Gasteiger partial charge on any atom is 0.224 e. The van der Waals surface area contributed by atoms with Gasteiger partial charge in [-0.05, 0) is 66.8 Å². The number of hydrogen-bond acceptors (Lipinski definition) is 4. The van der Waals surface area contributed by atoms with Crippen LogP contribution in [0.3, 0.4) is 0 Å². The molecule has 0 saturated heterocycles. The highest BCUT2D eigenvalue weighted by molar-refractivity contribution is 5.78. The number of rotatable bonds is 10. The van der Waals surface area contributed by atoms with Gasteiger partial charge in [-0.2, -0.15) is 0 Å². The van der Waals surface area contributed by atoms with Gasteiger partial charge in [0.15, 0.2) is 0 Å². The average molecular weight is 451 g/mol. The third-order valence-electron chi connectivity index (χ3n) is 5.46. The van der Waals surface area contributed by atoms with Crippen LogP contribution in [0, 0.1) is 5.82 Å². The van der Waals surface area contributed by atoms with Crippen LogP contribution < -0.4 is 10.6 Å². The minimum Gasteiger partial charge on any atom is -0.508 e. The molecule has 0 fully saturated rings. The predicted molar refractivity (Wildman–Crippen MR) is 127 cm³/mol. The Morgan fingerprint density at radius 1 is 0.970 bits per heavy atom. The van der Waals surface area contributed by atoms with Gasteiger partial charge in [-0.15, -0.1) is 0 Å². The second kappa shape index (κ2) is 11.1. The minimum absolute atomic E-state index is 0.0918. The molecule has 1 unspecified atom stereocenters. The van der Waals surface area contributed by atoms with Crippen LogP contribution >= 0.6 is 0 Å². The van der Waals surface area contributed by atoms with Crippen molar-refractivity contribution in [3.05, 3.63) is 101 Å². The van der Waals surface area contributed by atoms with Gasteiger partial charge in [0, 0.05) is 18.6 Å². The average Bonchev–Trinajstić information content (AvgIpc) is 2.77. The topological polar surface area (TPSA) is 81.6 Å². The number of aliphatic hydroxyl groups is 1. The number of carbonyl (C=O) groups is 1. The summed E-state index contributed by atoms with van der Waals surface area (Å²) < 4.78 is 13.0. The molecule has 0 radical (unpaired) electrons. The van der Waals surface area contributed by atoms with E-state index in [2.05, 4.69) is 24.5 Å². The Hall–Kier alpha value is -3.22. The molecule has 0 aromatic heterocycles. The fraction of sp³-hybridized carbons (Fsp3) is 0.296. The van der Waals surface area contributed by atoms with Crippen molar-refractivity contribution < 1.29 is 19.4 Å². The van der Waals surface area contributed by atoms with E-state index in [4.69, 9.17) is 0 Å². The molecule has 3 aromatic carbocycles. The zero-order valence-electron chi connectivity index (χ0n) is 19.0. The van der Waals surface area contributed by atoms with Crippen LogP contribution in [0.5, 0.6) is 5.75 Å². The molecule has 3 rings (SSSR count). The molecule has 5 nitrogen and oxygen atoms in total. The lowest BCUT2D eigenvalue weighted by atomic mass is 9.93. The number of hydrogen-bond donors (Lipinski definition) is 4. The summed E-state index contributed by atoms with van der Waals surface area (Å²) in [4.78, 5) is 12.3. The highest BCUT2D eigenvalue weighted by Gasteiger charge is 2.20. The first-order chi connectivity index (χ1) is 15.7. The van der Waals surface area contributed by atoms with Gasteiger partial charge in [0.1, 0.15) is 11.6 Å². The first-order valence-electron chi connectivity index (χ1n) is 11.0. The quantitative estimate of drug-likeness (QED) is 0.376. The molecule has 0 spiro atoms. The predicted octanol–water partition coefficient (Wildman–Crippen LogP) is 4.03. The highest BCUT2D eigenvalue weighted by Crippen LogP contribution is 2.19. The van der Waals surface area contributed by atoms with E-state index in [9.17, 15) is 19.4 Å². The molecule has 0 bridgehead atoms. The van der Waals surface area contributed by atoms with E-state index in [1.807, 2.05) is 24.3 Å². The van der Waals surface area contributed by atoms with Crippen molar-refractivity contribution in [2.24, 2.45) is 0 Å². The molecular weight excluding hydrogens is 419 g/mol. The van der Waals surface area contributed by atoms with Crippen molar-refractivity contribution in [3.63, 3.8) is 0 Å². The lowest BCUT2D eigenvalue weighted by Crippen LogP contribution is -2.43. The van der Waals surface area contributed by atoms with Gasteiger partial charge in [0.05, 0.1) is 12.5 Å². The summed E-state index contributed by atoms with van der Waals surface area (Å²) in [5.41, 5.74) is 3.33. The fourth-order valence-electron chi connectivity index (χ4n) is 3.66. The van der Waals surface area contributed by atoms with Gasteiger partial charge in [-0.1, -0.05) is 48.5 Å². The number of phenols is 1. The van der Waals surface area contributed by atoms with E-state index in [0.717, 1.165) is 28.7 Å². The van der Waals surface area contributed by atoms with Crippen LogP contribution in [-0.2, 0) is 24.2 Å². The summed E-state index contributed by atoms with van der Waals surface area (Å²) in [5.74, 6) is -0.219. The largest absolute Gasteiger partial charge is 0.508 e. The van der Waals surface area contributed by atoms with Crippen LogP contribution in [0.25, 0.3) is 0 Å². The van der Waals surface area contributed by atoms with Crippen molar-refractivity contribution in [2.45, 2.75) is 44.9 Å². The number of β-amino-alcohol motifs (C(OH)–C–C–N with tert-alkyl or cyclic N) is 1. The number of aliphatic hydroxyl groups excluding tert-OH is 1. The Labute approximate surface area is 194 Å². The van der Waals surface area contributed by atoms with E-state index < -0.39 is 6.10 Å². The maximum absolute atomic E-state index is 13.0. The van der Waals surface area contributed by atoms with Crippen LogP contribution in [0.1, 0.15) is 42.2 Å². The summed E-state index contributed by atoms with van der Waals surface area (Å²) in [7, 11) is 0. The summed E-state index contributed by atoms with van der Waals surface area (Å²) in [6.07, 6.45) is 0.309. The molecule has 33 heavy (non-hydrogen) atoms. The number of carbonyl (C=O) groups excluding carboxylic acids is 1. The second-order valence-corrected chi connectivity index (χ2v) is 8.95. The van der Waals surface area contributed by atoms with Gasteiger partial charge in [-0.3, -0.25) is 4.79 Å². The Kier molecular flexibility index (Phi) is 8.20. The van der Waals surface area contributed by atoms with Crippen molar-refractivity contribution >= 4 is 5.91 Å². The molecule has 4 N–H and O–H groups in total. The third-order valence-corrected chi connectivity index (χ3v) is 5.46. The highest BCUT2D eigenvalue weighted by atomic mass is 19.1. The van der Waals surface area contributed by atoms with E-state index in [1.165, 1.54) is 12.1 Å². The molecule has 0 saturated carbocycles. The summed E-state index contributed by atoms with van der Waals surface area (Å²) in [5, 5.41) is 26.1. The van der Waals surface area contributed by atoms with E-state index in [-0.39, 0.29) is 29.4 Å². The third kappa shape index (κ3) is 8.00. The molecule has 1 atom stereocenters. The normalized spacial score (nSPS) is 12.4. The Morgan fingerprint density at radius 3 is 2.33 bits per heavy atom. The van der Waals surface area contributed by atoms with Crippen LogP contribution in [0.4, 0.5) is 4.39 Å². The zero-order valence-corrected chi connectivity index (χ0v) is 19.0. The van der Waals surface area contributed by atoms with Crippen LogP contribution in [-0.4, -0.2) is 28.2 Å². The minimum atomic E-state index is -0.680. The van der Waals surface area contributed by atoms with Crippen LogP contribution in [0.15, 0.2) is 72.8 Å². The van der Waals surface area contributed by atoms with E-state index >= 15 is 0 Å². The zero-order chi connectivity index (χ0) is 23.8. The van der Waals surface area contributed by atoms with Gasteiger partial charge in [0.25, 0.3) is 0 Å². The van der Waals surface area contributed by atoms with E-state index in [1.54, 1.807) is 36.4 Å². The Balaban J connectivity index is 1.50. The second-order valence-electron chi connectivity index (χ2n) is 8.95. The molecule has 0 aliphatic rings.